The van der Waals surface area contributed by atoms with Gasteiger partial charge in [-0.1, -0.05) is 12.2 Å². The van der Waals surface area contributed by atoms with Gasteiger partial charge in [-0.3, -0.25) is 0 Å². The van der Waals surface area contributed by atoms with Crippen LogP contribution in [0.3, 0.4) is 0 Å². The first-order valence-corrected chi connectivity index (χ1v) is 7.57. The number of rotatable bonds is 4. The van der Waals surface area contributed by atoms with E-state index < -0.39 is 0 Å². The Hall–Kier alpha value is -0.520. The summed E-state index contributed by atoms with van der Waals surface area (Å²) in [6.45, 7) is 7.81. The molecule has 0 bridgehead atoms. The van der Waals surface area contributed by atoms with Gasteiger partial charge in [0.25, 0.3) is 0 Å². The predicted molar refractivity (Wildman–Crippen MR) is 75.9 cm³/mol. The number of hydrogen-bond acceptors (Lipinski definition) is 0. The van der Waals surface area contributed by atoms with Gasteiger partial charge in [-0.05, 0) is 81.5 Å². The van der Waals surface area contributed by atoms with E-state index in [-0.39, 0.29) is 0 Å². The van der Waals surface area contributed by atoms with Crippen molar-refractivity contribution >= 4 is 0 Å². The lowest BCUT2D eigenvalue weighted by Crippen LogP contribution is -2.25. The molecule has 2 rings (SSSR count). The maximum atomic E-state index is 3.94. The van der Waals surface area contributed by atoms with Crippen molar-refractivity contribution in [2.45, 2.75) is 57.8 Å². The minimum absolute atomic E-state index is 0.823. The Morgan fingerprint density at radius 3 is 1.76 bits per heavy atom. The van der Waals surface area contributed by atoms with Crippen molar-refractivity contribution in [3.63, 3.8) is 0 Å². The van der Waals surface area contributed by atoms with Gasteiger partial charge in [0.15, 0.2) is 0 Å². The number of hydrogen-bond donors (Lipinski definition) is 0. The van der Waals surface area contributed by atoms with Gasteiger partial charge in [0, 0.05) is 0 Å². The first kappa shape index (κ1) is 12.9. The molecule has 0 atom stereocenters. The lowest BCUT2D eigenvalue weighted by molar-refractivity contribution is 0.156. The summed E-state index contributed by atoms with van der Waals surface area (Å²) in [6, 6.07) is 0. The Kier molecular flexibility index (Phi) is 4.88. The van der Waals surface area contributed by atoms with Gasteiger partial charge in [0.1, 0.15) is 0 Å². The molecule has 0 aliphatic heterocycles. The molecule has 0 unspecified atom stereocenters. The van der Waals surface area contributed by atoms with E-state index in [0.717, 1.165) is 23.7 Å². The van der Waals surface area contributed by atoms with Crippen LogP contribution in [0, 0.1) is 23.7 Å². The molecule has 2 aliphatic rings. The molecule has 0 aromatic rings. The van der Waals surface area contributed by atoms with Crippen LogP contribution in [-0.2, 0) is 0 Å². The summed E-state index contributed by atoms with van der Waals surface area (Å²) in [5.41, 5.74) is 0. The third kappa shape index (κ3) is 3.47. The highest BCUT2D eigenvalue weighted by Crippen LogP contribution is 2.42. The monoisotopic (exact) mass is 232 g/mol. The zero-order valence-corrected chi connectivity index (χ0v) is 11.2. The molecule has 96 valence electrons. The molecular formula is C17H28. The second-order valence-corrected chi connectivity index (χ2v) is 6.22. The van der Waals surface area contributed by atoms with Crippen LogP contribution in [0.25, 0.3) is 0 Å². The van der Waals surface area contributed by atoms with Gasteiger partial charge in [-0.25, -0.2) is 0 Å². The fourth-order valence-corrected chi connectivity index (χ4v) is 3.98. The third-order valence-corrected chi connectivity index (χ3v) is 5.21. The maximum Gasteiger partial charge on any atom is -0.0236 e. The topological polar surface area (TPSA) is 0 Å². The van der Waals surface area contributed by atoms with E-state index in [0.29, 0.717) is 0 Å². The van der Waals surface area contributed by atoms with E-state index in [1.54, 1.807) is 0 Å². The Morgan fingerprint density at radius 2 is 1.29 bits per heavy atom. The van der Waals surface area contributed by atoms with E-state index in [1.165, 1.54) is 57.8 Å². The molecule has 0 amide bonds. The van der Waals surface area contributed by atoms with Crippen LogP contribution in [0.1, 0.15) is 57.8 Å². The Labute approximate surface area is 107 Å². The van der Waals surface area contributed by atoms with Crippen molar-refractivity contribution in [3.05, 3.63) is 25.3 Å². The van der Waals surface area contributed by atoms with Crippen LogP contribution in [0.5, 0.6) is 0 Å². The Balaban J connectivity index is 1.74. The van der Waals surface area contributed by atoms with Crippen LogP contribution in [-0.4, -0.2) is 0 Å². The molecule has 0 nitrogen and oxygen atoms in total. The summed E-state index contributed by atoms with van der Waals surface area (Å²) in [5.74, 6) is 3.86. The molecule has 0 heterocycles. The van der Waals surface area contributed by atoms with E-state index in [4.69, 9.17) is 0 Å². The number of allylic oxidation sites excluding steroid dienone is 2. The lowest BCUT2D eigenvalue weighted by Gasteiger charge is -2.37. The summed E-state index contributed by atoms with van der Waals surface area (Å²) in [7, 11) is 0. The molecule has 0 aromatic heterocycles. The van der Waals surface area contributed by atoms with Crippen LogP contribution in [0.4, 0.5) is 0 Å². The van der Waals surface area contributed by atoms with Crippen LogP contribution in [0.15, 0.2) is 25.3 Å². The summed E-state index contributed by atoms with van der Waals surface area (Å²) in [6.07, 6.45) is 17.2. The molecule has 0 N–H and O–H groups in total. The normalized spacial score (nSPS) is 38.6. The lowest BCUT2D eigenvalue weighted by atomic mass is 9.69. The first-order chi connectivity index (χ1) is 8.33. The summed E-state index contributed by atoms with van der Waals surface area (Å²) in [4.78, 5) is 0. The van der Waals surface area contributed by atoms with E-state index in [9.17, 15) is 0 Å². The van der Waals surface area contributed by atoms with Gasteiger partial charge >= 0.3 is 0 Å². The molecule has 0 spiro atoms. The molecule has 2 aliphatic carbocycles. The van der Waals surface area contributed by atoms with Crippen LogP contribution < -0.4 is 0 Å². The van der Waals surface area contributed by atoms with E-state index in [2.05, 4.69) is 25.3 Å². The van der Waals surface area contributed by atoms with Crippen molar-refractivity contribution in [1.82, 2.24) is 0 Å². The molecule has 0 radical (unpaired) electrons. The highest BCUT2D eigenvalue weighted by molar-refractivity contribution is 4.88. The molecular weight excluding hydrogens is 204 g/mol. The highest BCUT2D eigenvalue weighted by Gasteiger charge is 2.29. The molecule has 0 heteroatoms. The Morgan fingerprint density at radius 1 is 0.765 bits per heavy atom. The van der Waals surface area contributed by atoms with Gasteiger partial charge in [-0.2, -0.15) is 0 Å². The fraction of sp³-hybridized carbons (Fsp3) is 0.765. The molecule has 0 saturated heterocycles. The quantitative estimate of drug-likeness (QED) is 0.572. The second kappa shape index (κ2) is 6.42. The average Bonchev–Trinajstić information content (AvgIpc) is 2.40. The fourth-order valence-electron chi connectivity index (χ4n) is 3.98. The zero-order valence-electron chi connectivity index (χ0n) is 11.2. The van der Waals surface area contributed by atoms with Crippen molar-refractivity contribution in [1.29, 1.82) is 0 Å². The van der Waals surface area contributed by atoms with Crippen molar-refractivity contribution in [2.75, 3.05) is 0 Å². The van der Waals surface area contributed by atoms with E-state index in [1.807, 2.05) is 0 Å². The predicted octanol–water partition coefficient (Wildman–Crippen LogP) is 5.36. The third-order valence-electron chi connectivity index (χ3n) is 5.21. The van der Waals surface area contributed by atoms with Crippen molar-refractivity contribution in [3.8, 4) is 0 Å². The van der Waals surface area contributed by atoms with E-state index >= 15 is 0 Å². The van der Waals surface area contributed by atoms with Gasteiger partial charge < -0.3 is 0 Å². The van der Waals surface area contributed by atoms with Crippen LogP contribution >= 0.6 is 0 Å². The van der Waals surface area contributed by atoms with Gasteiger partial charge in [-0.15, -0.1) is 13.2 Å². The molecule has 2 saturated carbocycles. The highest BCUT2D eigenvalue weighted by atomic mass is 14.3. The van der Waals surface area contributed by atoms with Gasteiger partial charge in [0.2, 0.25) is 0 Å². The second-order valence-electron chi connectivity index (χ2n) is 6.22. The first-order valence-electron chi connectivity index (χ1n) is 7.57. The average molecular weight is 232 g/mol. The smallest absolute Gasteiger partial charge is 0.0236 e. The largest absolute Gasteiger partial charge is 0.103 e. The summed E-state index contributed by atoms with van der Waals surface area (Å²) in [5, 5.41) is 0. The summed E-state index contributed by atoms with van der Waals surface area (Å²) >= 11 is 0. The maximum absolute atomic E-state index is 3.94. The molecule has 17 heavy (non-hydrogen) atoms. The van der Waals surface area contributed by atoms with Crippen molar-refractivity contribution < 1.29 is 0 Å². The van der Waals surface area contributed by atoms with Crippen LogP contribution in [0.2, 0.25) is 0 Å². The van der Waals surface area contributed by atoms with Crippen molar-refractivity contribution in [2.24, 2.45) is 23.7 Å². The minimum Gasteiger partial charge on any atom is -0.103 e. The zero-order chi connectivity index (χ0) is 12.1. The standard InChI is InChI=1S/C17H28/c1-3-5-15-8-12-17(13-9-15)16-10-6-14(4-2)7-11-16/h3-4,14-17H,1-2,5-13H2. The summed E-state index contributed by atoms with van der Waals surface area (Å²) < 4.78 is 0. The van der Waals surface area contributed by atoms with Gasteiger partial charge in [0.05, 0.1) is 0 Å². The minimum atomic E-state index is 0.823. The molecule has 2 fully saturated rings. The SMILES string of the molecule is C=CCC1CCC(C2CCC(C=C)CC2)CC1. The molecule has 0 aromatic carbocycles. The Bertz CT molecular complexity index is 237.